The Morgan fingerprint density at radius 1 is 1.30 bits per heavy atom. The molecule has 2 aromatic rings. The number of nitrogens with one attached hydrogen (secondary N) is 1. The Morgan fingerprint density at radius 3 is 2.60 bits per heavy atom. The molecule has 1 N–H and O–H groups in total. The molecule has 0 saturated carbocycles. The molecule has 20 heavy (non-hydrogen) atoms. The fourth-order valence-corrected chi connectivity index (χ4v) is 2.67. The third-order valence-corrected chi connectivity index (χ3v) is 3.93. The molecule has 0 aliphatic heterocycles. The molecule has 0 radical (unpaired) electrons. The second-order valence-corrected chi connectivity index (χ2v) is 5.21. The number of carbonyl (C=O) groups is 2. The lowest BCUT2D eigenvalue weighted by Crippen LogP contribution is -2.05. The summed E-state index contributed by atoms with van der Waals surface area (Å²) >= 11 is 1.27. The highest BCUT2D eigenvalue weighted by atomic mass is 32.2. The minimum absolute atomic E-state index is 0.0252. The van der Waals surface area contributed by atoms with Gasteiger partial charge in [0.15, 0.2) is 5.16 Å². The molecule has 6 heteroatoms. The number of thioether (sulfide) groups is 1. The van der Waals surface area contributed by atoms with Gasteiger partial charge in [0.2, 0.25) is 0 Å². The highest BCUT2D eigenvalue weighted by Gasteiger charge is 2.20. The summed E-state index contributed by atoms with van der Waals surface area (Å²) in [7, 11) is 1.30. The van der Waals surface area contributed by atoms with Gasteiger partial charge >= 0.3 is 5.97 Å². The van der Waals surface area contributed by atoms with E-state index < -0.39 is 5.97 Å². The number of imidazole rings is 1. The van der Waals surface area contributed by atoms with Gasteiger partial charge in [0.25, 0.3) is 0 Å². The number of methoxy groups -OCH3 is 1. The number of benzene rings is 1. The van der Waals surface area contributed by atoms with Crippen LogP contribution in [0.15, 0.2) is 41.7 Å². The van der Waals surface area contributed by atoms with E-state index in [4.69, 9.17) is 0 Å². The largest absolute Gasteiger partial charge is 0.464 e. The van der Waals surface area contributed by atoms with Gasteiger partial charge < -0.3 is 9.72 Å². The fraction of sp³-hybridized carbons (Fsp3) is 0.214. The van der Waals surface area contributed by atoms with Crippen LogP contribution in [0.4, 0.5) is 0 Å². The van der Waals surface area contributed by atoms with Gasteiger partial charge in [-0.15, -0.1) is 0 Å². The molecule has 1 atom stereocenters. The highest BCUT2D eigenvalue weighted by molar-refractivity contribution is 8.00. The zero-order valence-corrected chi connectivity index (χ0v) is 11.9. The van der Waals surface area contributed by atoms with Crippen molar-refractivity contribution in [2.75, 3.05) is 7.11 Å². The van der Waals surface area contributed by atoms with Gasteiger partial charge in [0.1, 0.15) is 11.5 Å². The summed E-state index contributed by atoms with van der Waals surface area (Å²) in [4.78, 5) is 30.1. The van der Waals surface area contributed by atoms with E-state index in [0.717, 1.165) is 5.56 Å². The molecule has 0 amide bonds. The summed E-state index contributed by atoms with van der Waals surface area (Å²) in [5, 5.41) is 0.155. The van der Waals surface area contributed by atoms with Crippen LogP contribution in [-0.2, 0) is 9.53 Å². The molecule has 0 fully saturated rings. The topological polar surface area (TPSA) is 72.0 Å². The molecule has 1 heterocycles. The molecular weight excluding hydrogens is 276 g/mol. The van der Waals surface area contributed by atoms with Gasteiger partial charge in [-0.3, -0.25) is 4.79 Å². The molecule has 2 rings (SSSR count). The Hall–Kier alpha value is -2.08. The number of carbonyl (C=O) groups excluding carboxylic acids is 2. The number of ether oxygens (including phenoxy) is 1. The number of hydrogen-bond acceptors (Lipinski definition) is 5. The molecule has 0 spiro atoms. The van der Waals surface area contributed by atoms with Crippen LogP contribution in [0, 0.1) is 0 Å². The lowest BCUT2D eigenvalue weighted by Gasteiger charge is -2.11. The predicted molar refractivity (Wildman–Crippen MR) is 75.6 cm³/mol. The van der Waals surface area contributed by atoms with E-state index >= 15 is 0 Å². The number of esters is 1. The molecule has 0 aliphatic carbocycles. The summed E-state index contributed by atoms with van der Waals surface area (Å²) in [6, 6.07) is 9.45. The standard InChI is InChI=1S/C14H14N2O3S/c1-9(17)12(10-6-4-3-5-7-10)20-14-15-8-11(16-14)13(18)19-2/h3-8,12H,1-2H3,(H,15,16). The number of H-pyrrole nitrogens is 1. The van der Waals surface area contributed by atoms with Gasteiger partial charge in [-0.25, -0.2) is 9.78 Å². The van der Waals surface area contributed by atoms with Crippen LogP contribution >= 0.6 is 11.8 Å². The zero-order valence-electron chi connectivity index (χ0n) is 11.1. The van der Waals surface area contributed by atoms with Crippen LogP contribution in [0.2, 0.25) is 0 Å². The van der Waals surface area contributed by atoms with Crippen molar-refractivity contribution in [1.82, 2.24) is 9.97 Å². The van der Waals surface area contributed by atoms with Crippen molar-refractivity contribution < 1.29 is 14.3 Å². The molecule has 1 aromatic carbocycles. The van der Waals surface area contributed by atoms with Gasteiger partial charge in [-0.2, -0.15) is 0 Å². The average molecular weight is 290 g/mol. The number of ketones is 1. The summed E-state index contributed by atoms with van der Waals surface area (Å²) in [5.41, 5.74) is 1.17. The second-order valence-electron chi connectivity index (χ2n) is 4.11. The fourth-order valence-electron chi connectivity index (χ4n) is 1.70. The van der Waals surface area contributed by atoms with Crippen molar-refractivity contribution in [3.63, 3.8) is 0 Å². The van der Waals surface area contributed by atoms with E-state index in [1.54, 1.807) is 0 Å². The van der Waals surface area contributed by atoms with Crippen molar-refractivity contribution in [2.24, 2.45) is 0 Å². The SMILES string of the molecule is COC(=O)c1cnc(SC(C(C)=O)c2ccccc2)[nH]1. The number of hydrogen-bond donors (Lipinski definition) is 1. The van der Waals surface area contributed by atoms with Crippen LogP contribution in [-0.4, -0.2) is 28.8 Å². The van der Waals surface area contributed by atoms with Gasteiger partial charge in [-0.1, -0.05) is 42.1 Å². The molecule has 0 bridgehead atoms. The molecular formula is C14H14N2O3S. The van der Waals surface area contributed by atoms with Crippen LogP contribution in [0.25, 0.3) is 0 Å². The van der Waals surface area contributed by atoms with Crippen LogP contribution < -0.4 is 0 Å². The summed E-state index contributed by atoms with van der Waals surface area (Å²) in [5.74, 6) is -0.458. The van der Waals surface area contributed by atoms with Gasteiger partial charge in [0, 0.05) is 0 Å². The summed E-state index contributed by atoms with van der Waals surface area (Å²) in [6.07, 6.45) is 1.40. The Balaban J connectivity index is 2.19. The lowest BCUT2D eigenvalue weighted by atomic mass is 10.1. The van der Waals surface area contributed by atoms with Crippen molar-refractivity contribution in [1.29, 1.82) is 0 Å². The molecule has 0 saturated heterocycles. The van der Waals surface area contributed by atoms with E-state index in [1.165, 1.54) is 32.0 Å². The predicted octanol–water partition coefficient (Wildman–Crippen LogP) is 2.62. The number of Topliss-reactive ketones (excluding diaryl/α,β-unsaturated/α-hetero) is 1. The molecule has 0 aliphatic rings. The minimum atomic E-state index is -0.483. The third kappa shape index (κ3) is 3.27. The van der Waals surface area contributed by atoms with Crippen molar-refractivity contribution in [3.8, 4) is 0 Å². The lowest BCUT2D eigenvalue weighted by molar-refractivity contribution is -0.116. The first-order chi connectivity index (χ1) is 9.61. The zero-order chi connectivity index (χ0) is 14.5. The van der Waals surface area contributed by atoms with Crippen LogP contribution in [0.5, 0.6) is 0 Å². The first-order valence-electron chi connectivity index (χ1n) is 5.97. The van der Waals surface area contributed by atoms with Crippen molar-refractivity contribution in [3.05, 3.63) is 47.8 Å². The molecule has 104 valence electrons. The quantitative estimate of drug-likeness (QED) is 0.677. The maximum atomic E-state index is 11.8. The number of aromatic amines is 1. The van der Waals surface area contributed by atoms with Crippen LogP contribution in [0.3, 0.4) is 0 Å². The first-order valence-corrected chi connectivity index (χ1v) is 6.85. The Bertz CT molecular complexity index is 610. The second kappa shape index (κ2) is 6.38. The van der Waals surface area contributed by atoms with Crippen molar-refractivity contribution in [2.45, 2.75) is 17.3 Å². The number of nitrogens with zero attached hydrogens (tertiary/aromatic N) is 1. The average Bonchev–Trinajstić information content (AvgIpc) is 2.93. The molecule has 1 aromatic heterocycles. The maximum Gasteiger partial charge on any atom is 0.356 e. The molecule has 5 nitrogen and oxygen atoms in total. The maximum absolute atomic E-state index is 11.8. The number of aromatic nitrogens is 2. The number of rotatable bonds is 5. The first kappa shape index (κ1) is 14.3. The van der Waals surface area contributed by atoms with E-state index in [9.17, 15) is 9.59 Å². The van der Waals surface area contributed by atoms with Crippen molar-refractivity contribution >= 4 is 23.5 Å². The Labute approximate surface area is 120 Å². The van der Waals surface area contributed by atoms with E-state index in [0.29, 0.717) is 5.16 Å². The monoisotopic (exact) mass is 290 g/mol. The third-order valence-electron chi connectivity index (χ3n) is 2.66. The minimum Gasteiger partial charge on any atom is -0.464 e. The smallest absolute Gasteiger partial charge is 0.356 e. The Morgan fingerprint density at radius 2 is 2.00 bits per heavy atom. The van der Waals surface area contributed by atoms with Crippen LogP contribution in [0.1, 0.15) is 28.2 Å². The normalized spacial score (nSPS) is 11.9. The van der Waals surface area contributed by atoms with Gasteiger partial charge in [-0.05, 0) is 12.5 Å². The summed E-state index contributed by atoms with van der Waals surface area (Å²) < 4.78 is 4.60. The summed E-state index contributed by atoms with van der Waals surface area (Å²) in [6.45, 7) is 1.54. The van der Waals surface area contributed by atoms with E-state index in [1.807, 2.05) is 30.3 Å². The molecule has 1 unspecified atom stereocenters. The van der Waals surface area contributed by atoms with E-state index in [-0.39, 0.29) is 16.7 Å². The van der Waals surface area contributed by atoms with Gasteiger partial charge in [0.05, 0.1) is 18.6 Å². The van der Waals surface area contributed by atoms with E-state index in [2.05, 4.69) is 14.7 Å². The highest BCUT2D eigenvalue weighted by Crippen LogP contribution is 2.34. The Kier molecular flexibility index (Phi) is 4.57.